The lowest BCUT2D eigenvalue weighted by atomic mass is 10.2. The molecule has 2 N–H and O–H groups in total. The molecule has 0 aromatic carbocycles. The van der Waals surface area contributed by atoms with E-state index in [1.807, 2.05) is 6.92 Å². The van der Waals surface area contributed by atoms with Crippen molar-refractivity contribution in [2.75, 3.05) is 33.4 Å². The van der Waals surface area contributed by atoms with Crippen molar-refractivity contribution < 1.29 is 14.3 Å². The molecule has 0 aliphatic carbocycles. The van der Waals surface area contributed by atoms with Crippen LogP contribution in [0.3, 0.4) is 0 Å². The van der Waals surface area contributed by atoms with Crippen molar-refractivity contribution in [3.05, 3.63) is 0 Å². The van der Waals surface area contributed by atoms with Crippen LogP contribution in [0.25, 0.3) is 0 Å². The molecular formula is C9H18N2O3. The Bertz CT molecular complexity index is 181. The van der Waals surface area contributed by atoms with Crippen molar-refractivity contribution >= 4 is 5.91 Å². The number of hydrogen-bond donors (Lipinski definition) is 2. The Labute approximate surface area is 84.1 Å². The number of carbonyl (C=O) groups excluding carboxylic acids is 1. The lowest BCUT2D eigenvalue weighted by Crippen LogP contribution is -2.50. The third-order valence-corrected chi connectivity index (χ3v) is 2.03. The molecule has 1 heterocycles. The SMILES string of the molecule is COCC(C)NC(=O)C1CNCCO1. The highest BCUT2D eigenvalue weighted by molar-refractivity contribution is 5.81. The molecule has 82 valence electrons. The standard InChI is InChI=1S/C9H18N2O3/c1-7(6-13-2)11-9(12)8-5-10-3-4-14-8/h7-8,10H,3-6H2,1-2H3,(H,11,12). The zero-order chi connectivity index (χ0) is 10.4. The van der Waals surface area contributed by atoms with Crippen molar-refractivity contribution in [2.24, 2.45) is 0 Å². The number of carbonyl (C=O) groups is 1. The Hall–Kier alpha value is -0.650. The minimum absolute atomic E-state index is 0.0260. The zero-order valence-electron chi connectivity index (χ0n) is 8.71. The van der Waals surface area contributed by atoms with E-state index >= 15 is 0 Å². The molecule has 0 aromatic heterocycles. The molecule has 0 aromatic rings. The topological polar surface area (TPSA) is 59.6 Å². The molecule has 1 aliphatic rings. The van der Waals surface area contributed by atoms with Gasteiger partial charge in [-0.05, 0) is 6.92 Å². The molecular weight excluding hydrogens is 184 g/mol. The maximum atomic E-state index is 11.6. The maximum Gasteiger partial charge on any atom is 0.250 e. The van der Waals surface area contributed by atoms with E-state index in [2.05, 4.69) is 10.6 Å². The molecule has 5 heteroatoms. The fraction of sp³-hybridized carbons (Fsp3) is 0.889. The van der Waals surface area contributed by atoms with Gasteiger partial charge >= 0.3 is 0 Å². The minimum Gasteiger partial charge on any atom is -0.383 e. The fourth-order valence-electron chi connectivity index (χ4n) is 1.36. The summed E-state index contributed by atoms with van der Waals surface area (Å²) in [5.41, 5.74) is 0. The first-order chi connectivity index (χ1) is 6.74. The molecule has 1 amide bonds. The number of ether oxygens (including phenoxy) is 2. The summed E-state index contributed by atoms with van der Waals surface area (Å²) >= 11 is 0. The van der Waals surface area contributed by atoms with Gasteiger partial charge in [0.15, 0.2) is 0 Å². The fourth-order valence-corrected chi connectivity index (χ4v) is 1.36. The molecule has 0 saturated carbocycles. The summed E-state index contributed by atoms with van der Waals surface area (Å²) < 4.78 is 10.2. The molecule has 0 radical (unpaired) electrons. The van der Waals surface area contributed by atoms with Gasteiger partial charge in [-0.3, -0.25) is 4.79 Å². The number of morpholine rings is 1. The Morgan fingerprint density at radius 3 is 3.14 bits per heavy atom. The first-order valence-corrected chi connectivity index (χ1v) is 4.85. The van der Waals surface area contributed by atoms with Gasteiger partial charge in [0.1, 0.15) is 6.10 Å². The largest absolute Gasteiger partial charge is 0.383 e. The first-order valence-electron chi connectivity index (χ1n) is 4.85. The van der Waals surface area contributed by atoms with Crippen LogP contribution < -0.4 is 10.6 Å². The average Bonchev–Trinajstić information content (AvgIpc) is 2.19. The molecule has 1 fully saturated rings. The number of rotatable bonds is 4. The molecule has 0 bridgehead atoms. The first kappa shape index (κ1) is 11.4. The number of nitrogens with one attached hydrogen (secondary N) is 2. The lowest BCUT2D eigenvalue weighted by molar-refractivity contribution is -0.135. The summed E-state index contributed by atoms with van der Waals surface area (Å²) in [5.74, 6) is -0.0678. The van der Waals surface area contributed by atoms with Crippen LogP contribution in [-0.4, -0.2) is 51.5 Å². The van der Waals surface area contributed by atoms with Gasteiger partial charge < -0.3 is 20.1 Å². The van der Waals surface area contributed by atoms with Crippen LogP contribution in [0, 0.1) is 0 Å². The van der Waals surface area contributed by atoms with Crippen molar-refractivity contribution in [2.45, 2.75) is 19.1 Å². The summed E-state index contributed by atoms with van der Waals surface area (Å²) in [5, 5.41) is 5.93. The average molecular weight is 202 g/mol. The van der Waals surface area contributed by atoms with Crippen LogP contribution in [0.2, 0.25) is 0 Å². The van der Waals surface area contributed by atoms with Gasteiger partial charge in [0.2, 0.25) is 0 Å². The van der Waals surface area contributed by atoms with Crippen LogP contribution in [0.15, 0.2) is 0 Å². The second-order valence-corrected chi connectivity index (χ2v) is 3.43. The highest BCUT2D eigenvalue weighted by atomic mass is 16.5. The summed E-state index contributed by atoms with van der Waals surface area (Å²) in [7, 11) is 1.61. The van der Waals surface area contributed by atoms with E-state index in [4.69, 9.17) is 9.47 Å². The second kappa shape index (κ2) is 5.95. The molecule has 14 heavy (non-hydrogen) atoms. The number of hydrogen-bond acceptors (Lipinski definition) is 4. The predicted octanol–water partition coefficient (Wildman–Crippen LogP) is -0.874. The van der Waals surface area contributed by atoms with Crippen LogP contribution in [0.5, 0.6) is 0 Å². The highest BCUT2D eigenvalue weighted by Gasteiger charge is 2.22. The Morgan fingerprint density at radius 1 is 1.79 bits per heavy atom. The van der Waals surface area contributed by atoms with E-state index in [-0.39, 0.29) is 18.1 Å². The molecule has 1 rings (SSSR count). The van der Waals surface area contributed by atoms with Gasteiger partial charge in [-0.15, -0.1) is 0 Å². The monoisotopic (exact) mass is 202 g/mol. The van der Waals surface area contributed by atoms with Crippen LogP contribution in [0.1, 0.15) is 6.92 Å². The lowest BCUT2D eigenvalue weighted by Gasteiger charge is -2.24. The summed E-state index contributed by atoms with van der Waals surface area (Å²) in [6.07, 6.45) is -0.358. The van der Waals surface area contributed by atoms with E-state index in [1.165, 1.54) is 0 Å². The van der Waals surface area contributed by atoms with E-state index < -0.39 is 0 Å². The van der Waals surface area contributed by atoms with Crippen LogP contribution in [0.4, 0.5) is 0 Å². The van der Waals surface area contributed by atoms with Crippen molar-refractivity contribution in [3.63, 3.8) is 0 Å². The normalized spacial score (nSPS) is 24.3. The van der Waals surface area contributed by atoms with Gasteiger partial charge in [-0.1, -0.05) is 0 Å². The van der Waals surface area contributed by atoms with Gasteiger partial charge in [-0.25, -0.2) is 0 Å². The van der Waals surface area contributed by atoms with E-state index in [9.17, 15) is 4.79 Å². The van der Waals surface area contributed by atoms with Gasteiger partial charge in [-0.2, -0.15) is 0 Å². The van der Waals surface area contributed by atoms with E-state index in [0.29, 0.717) is 19.8 Å². The van der Waals surface area contributed by atoms with Crippen molar-refractivity contribution in [1.82, 2.24) is 10.6 Å². The molecule has 1 saturated heterocycles. The predicted molar refractivity (Wildman–Crippen MR) is 52.1 cm³/mol. The summed E-state index contributed by atoms with van der Waals surface area (Å²) in [6, 6.07) is 0.0260. The van der Waals surface area contributed by atoms with E-state index in [0.717, 1.165) is 6.54 Å². The van der Waals surface area contributed by atoms with Crippen LogP contribution in [-0.2, 0) is 14.3 Å². The number of amides is 1. The van der Waals surface area contributed by atoms with Crippen molar-refractivity contribution in [1.29, 1.82) is 0 Å². The molecule has 5 nitrogen and oxygen atoms in total. The summed E-state index contributed by atoms with van der Waals surface area (Å²) in [6.45, 7) is 4.42. The second-order valence-electron chi connectivity index (χ2n) is 3.43. The Morgan fingerprint density at radius 2 is 2.57 bits per heavy atom. The van der Waals surface area contributed by atoms with Gasteiger partial charge in [0, 0.05) is 26.2 Å². The van der Waals surface area contributed by atoms with Crippen molar-refractivity contribution in [3.8, 4) is 0 Å². The molecule has 2 unspecified atom stereocenters. The Kier molecular flexibility index (Phi) is 4.86. The molecule has 1 aliphatic heterocycles. The Balaban J connectivity index is 2.25. The third kappa shape index (κ3) is 3.61. The van der Waals surface area contributed by atoms with Gasteiger partial charge in [0.05, 0.1) is 13.2 Å². The minimum atomic E-state index is -0.358. The number of methoxy groups -OCH3 is 1. The maximum absolute atomic E-state index is 11.6. The molecule has 0 spiro atoms. The van der Waals surface area contributed by atoms with E-state index in [1.54, 1.807) is 7.11 Å². The smallest absolute Gasteiger partial charge is 0.250 e. The zero-order valence-corrected chi connectivity index (χ0v) is 8.71. The van der Waals surface area contributed by atoms with Gasteiger partial charge in [0.25, 0.3) is 5.91 Å². The highest BCUT2D eigenvalue weighted by Crippen LogP contribution is 1.96. The summed E-state index contributed by atoms with van der Waals surface area (Å²) in [4.78, 5) is 11.6. The van der Waals surface area contributed by atoms with Crippen LogP contribution >= 0.6 is 0 Å². The third-order valence-electron chi connectivity index (χ3n) is 2.03. The quantitative estimate of drug-likeness (QED) is 0.622. The molecule has 2 atom stereocenters.